The Bertz CT molecular complexity index is 500. The summed E-state index contributed by atoms with van der Waals surface area (Å²) < 4.78 is 0. The van der Waals surface area contributed by atoms with Gasteiger partial charge in [-0.3, -0.25) is 5.01 Å². The molecule has 3 rings (SSSR count). The largest absolute Gasteiger partial charge is 0.320 e. The summed E-state index contributed by atoms with van der Waals surface area (Å²) in [7, 11) is 2.00. The van der Waals surface area contributed by atoms with Crippen molar-refractivity contribution in [1.29, 1.82) is 0 Å². The minimum absolute atomic E-state index is 0.495. The molecule has 1 aromatic carbocycles. The van der Waals surface area contributed by atoms with Gasteiger partial charge >= 0.3 is 0 Å². The van der Waals surface area contributed by atoms with Crippen LogP contribution in [0.1, 0.15) is 18.4 Å². The summed E-state index contributed by atoms with van der Waals surface area (Å²) in [6.07, 6.45) is 2.30. The van der Waals surface area contributed by atoms with Crippen molar-refractivity contribution in [2.45, 2.75) is 18.9 Å². The van der Waals surface area contributed by atoms with Crippen molar-refractivity contribution in [2.24, 2.45) is 11.0 Å². The molecule has 4 nitrogen and oxygen atoms in total. The summed E-state index contributed by atoms with van der Waals surface area (Å²) in [5.74, 6) is 0.495. The molecular weight excluding hydrogens is 284 g/mol. The molecule has 0 saturated carbocycles. The first-order valence-electron chi connectivity index (χ1n) is 7.76. The van der Waals surface area contributed by atoms with Gasteiger partial charge in [0, 0.05) is 24.0 Å². The molecule has 2 aliphatic heterocycles. The molecule has 1 unspecified atom stereocenters. The molecule has 0 aromatic heterocycles. The van der Waals surface area contributed by atoms with Gasteiger partial charge in [0.15, 0.2) is 0 Å². The van der Waals surface area contributed by atoms with Gasteiger partial charge in [-0.25, -0.2) is 0 Å². The predicted octanol–water partition coefficient (Wildman–Crippen LogP) is 1.95. The Morgan fingerprint density at radius 3 is 2.95 bits per heavy atom. The van der Waals surface area contributed by atoms with Crippen LogP contribution in [0, 0.1) is 5.92 Å². The molecule has 1 saturated heterocycles. The highest BCUT2D eigenvalue weighted by molar-refractivity contribution is 6.30. The van der Waals surface area contributed by atoms with Gasteiger partial charge in [-0.2, -0.15) is 5.10 Å². The standard InChI is InChI=1S/C16H23ClN4/c1-18-8-2-10-21-15-7-9-19-11-14(15)16(20-21)12-3-5-13(17)6-4-12/h3-6,14-15,18-19H,2,7-11H2,1H3/t14?,15-/m1/s1. The zero-order valence-electron chi connectivity index (χ0n) is 12.5. The molecule has 2 aliphatic rings. The van der Waals surface area contributed by atoms with Gasteiger partial charge in [-0.15, -0.1) is 0 Å². The molecule has 2 atom stereocenters. The number of hydrogen-bond acceptors (Lipinski definition) is 4. The Labute approximate surface area is 131 Å². The molecule has 0 radical (unpaired) electrons. The second kappa shape index (κ2) is 6.77. The summed E-state index contributed by atoms with van der Waals surface area (Å²) >= 11 is 6.00. The molecule has 0 aliphatic carbocycles. The van der Waals surface area contributed by atoms with E-state index in [0.29, 0.717) is 12.0 Å². The molecule has 0 spiro atoms. The first-order valence-corrected chi connectivity index (χ1v) is 8.14. The van der Waals surface area contributed by atoms with E-state index in [2.05, 4.69) is 27.8 Å². The SMILES string of the molecule is CNCCCN1N=C(c2ccc(Cl)cc2)C2CNCC[C@H]21. The smallest absolute Gasteiger partial charge is 0.0742 e. The second-order valence-electron chi connectivity index (χ2n) is 5.78. The van der Waals surface area contributed by atoms with Gasteiger partial charge in [0.05, 0.1) is 11.8 Å². The van der Waals surface area contributed by atoms with E-state index < -0.39 is 0 Å². The molecule has 0 bridgehead atoms. The lowest BCUT2D eigenvalue weighted by atomic mass is 9.87. The minimum Gasteiger partial charge on any atom is -0.320 e. The van der Waals surface area contributed by atoms with Crippen LogP contribution in [0.5, 0.6) is 0 Å². The van der Waals surface area contributed by atoms with Crippen LogP contribution in [0.25, 0.3) is 0 Å². The fraction of sp³-hybridized carbons (Fsp3) is 0.562. The van der Waals surface area contributed by atoms with Crippen LogP contribution in [-0.4, -0.2) is 50.0 Å². The van der Waals surface area contributed by atoms with Crippen molar-refractivity contribution in [3.8, 4) is 0 Å². The van der Waals surface area contributed by atoms with Crippen LogP contribution < -0.4 is 10.6 Å². The number of hydrazone groups is 1. The summed E-state index contributed by atoms with van der Waals surface area (Å²) in [6.45, 7) is 4.18. The topological polar surface area (TPSA) is 39.7 Å². The van der Waals surface area contributed by atoms with Crippen molar-refractivity contribution in [3.05, 3.63) is 34.9 Å². The monoisotopic (exact) mass is 306 g/mol. The van der Waals surface area contributed by atoms with Crippen LogP contribution >= 0.6 is 11.6 Å². The first-order chi connectivity index (χ1) is 10.3. The van der Waals surface area contributed by atoms with E-state index in [1.807, 2.05) is 19.2 Å². The average molecular weight is 307 g/mol. The number of nitrogens with one attached hydrogen (secondary N) is 2. The minimum atomic E-state index is 0.495. The summed E-state index contributed by atoms with van der Waals surface area (Å²) in [6, 6.07) is 8.63. The van der Waals surface area contributed by atoms with Gasteiger partial charge < -0.3 is 10.6 Å². The summed E-state index contributed by atoms with van der Waals surface area (Å²) in [4.78, 5) is 0. The number of halogens is 1. The van der Waals surface area contributed by atoms with Crippen LogP contribution in [0.15, 0.2) is 29.4 Å². The molecule has 1 fully saturated rings. The number of piperidine rings is 1. The summed E-state index contributed by atoms with van der Waals surface area (Å²) in [5.41, 5.74) is 2.42. The maximum absolute atomic E-state index is 6.00. The average Bonchev–Trinajstić information content (AvgIpc) is 2.88. The summed E-state index contributed by atoms with van der Waals surface area (Å²) in [5, 5.41) is 14.8. The highest BCUT2D eigenvalue weighted by atomic mass is 35.5. The molecule has 2 N–H and O–H groups in total. The van der Waals surface area contributed by atoms with Gasteiger partial charge in [0.25, 0.3) is 0 Å². The molecule has 2 heterocycles. The van der Waals surface area contributed by atoms with Gasteiger partial charge in [-0.1, -0.05) is 23.7 Å². The van der Waals surface area contributed by atoms with E-state index in [1.165, 1.54) is 17.7 Å². The lowest BCUT2D eigenvalue weighted by Gasteiger charge is -2.32. The number of nitrogens with zero attached hydrogens (tertiary/aromatic N) is 2. The van der Waals surface area contributed by atoms with Crippen molar-refractivity contribution in [2.75, 3.05) is 33.2 Å². The van der Waals surface area contributed by atoms with Crippen LogP contribution in [0.4, 0.5) is 0 Å². The zero-order chi connectivity index (χ0) is 14.7. The Morgan fingerprint density at radius 1 is 1.38 bits per heavy atom. The normalized spacial score (nSPS) is 24.9. The van der Waals surface area contributed by atoms with E-state index >= 15 is 0 Å². The number of rotatable bonds is 5. The number of benzene rings is 1. The lowest BCUT2D eigenvalue weighted by Crippen LogP contribution is -2.46. The van der Waals surface area contributed by atoms with Crippen molar-refractivity contribution in [1.82, 2.24) is 15.6 Å². The number of fused-ring (bicyclic) bond motifs is 1. The second-order valence-corrected chi connectivity index (χ2v) is 6.22. The highest BCUT2D eigenvalue weighted by Crippen LogP contribution is 2.30. The van der Waals surface area contributed by atoms with Gasteiger partial charge in [0.1, 0.15) is 0 Å². The van der Waals surface area contributed by atoms with Crippen molar-refractivity contribution < 1.29 is 0 Å². The van der Waals surface area contributed by atoms with Crippen molar-refractivity contribution >= 4 is 17.3 Å². The van der Waals surface area contributed by atoms with Gasteiger partial charge in [0.2, 0.25) is 0 Å². The van der Waals surface area contributed by atoms with E-state index in [4.69, 9.17) is 16.7 Å². The van der Waals surface area contributed by atoms with E-state index in [-0.39, 0.29) is 0 Å². The quantitative estimate of drug-likeness (QED) is 0.817. The predicted molar refractivity (Wildman–Crippen MR) is 88.0 cm³/mol. The third-order valence-electron chi connectivity index (χ3n) is 4.37. The Balaban J connectivity index is 1.79. The third kappa shape index (κ3) is 3.23. The molecule has 0 amide bonds. The van der Waals surface area contributed by atoms with Gasteiger partial charge in [-0.05, 0) is 50.7 Å². The molecule has 21 heavy (non-hydrogen) atoms. The maximum atomic E-state index is 6.00. The zero-order valence-corrected chi connectivity index (χ0v) is 13.2. The Hall–Kier alpha value is -1.10. The van der Waals surface area contributed by atoms with Crippen LogP contribution in [0.3, 0.4) is 0 Å². The Kier molecular flexibility index (Phi) is 4.78. The van der Waals surface area contributed by atoms with Crippen LogP contribution in [0.2, 0.25) is 5.02 Å². The van der Waals surface area contributed by atoms with Crippen molar-refractivity contribution in [3.63, 3.8) is 0 Å². The molecule has 5 heteroatoms. The Morgan fingerprint density at radius 2 is 2.19 bits per heavy atom. The maximum Gasteiger partial charge on any atom is 0.0742 e. The van der Waals surface area contributed by atoms with E-state index in [9.17, 15) is 0 Å². The lowest BCUT2D eigenvalue weighted by molar-refractivity contribution is 0.169. The molecule has 114 valence electrons. The first kappa shape index (κ1) is 14.8. The number of hydrogen-bond donors (Lipinski definition) is 2. The third-order valence-corrected chi connectivity index (χ3v) is 4.62. The molecule has 1 aromatic rings. The highest BCUT2D eigenvalue weighted by Gasteiger charge is 2.38. The molecular formula is C16H23ClN4. The fourth-order valence-electron chi connectivity index (χ4n) is 3.29. The fourth-order valence-corrected chi connectivity index (χ4v) is 3.42. The van der Waals surface area contributed by atoms with E-state index in [1.54, 1.807) is 0 Å². The van der Waals surface area contributed by atoms with E-state index in [0.717, 1.165) is 37.6 Å². The van der Waals surface area contributed by atoms with Crippen LogP contribution in [-0.2, 0) is 0 Å².